The van der Waals surface area contributed by atoms with Gasteiger partial charge in [-0.1, -0.05) is 37.3 Å². The Bertz CT molecular complexity index is 723. The molecule has 2 aromatic carbocycles. The van der Waals surface area contributed by atoms with Gasteiger partial charge >= 0.3 is 0 Å². The molecule has 0 aliphatic carbocycles. The molecule has 1 amide bonds. The van der Waals surface area contributed by atoms with Gasteiger partial charge in [-0.2, -0.15) is 0 Å². The summed E-state index contributed by atoms with van der Waals surface area (Å²) >= 11 is 0. The number of nitrogens with zero attached hydrogens (tertiary/aromatic N) is 1. The van der Waals surface area contributed by atoms with Crippen molar-refractivity contribution in [2.24, 2.45) is 0 Å². The Hall–Kier alpha value is -2.29. The lowest BCUT2D eigenvalue weighted by Gasteiger charge is -2.31. The summed E-state index contributed by atoms with van der Waals surface area (Å²) in [5.74, 6) is 0.405. The second-order valence-electron chi connectivity index (χ2n) is 6.46. The summed E-state index contributed by atoms with van der Waals surface area (Å²) in [4.78, 5) is 14.8. The van der Waals surface area contributed by atoms with Crippen molar-refractivity contribution in [3.05, 3.63) is 59.2 Å². The van der Waals surface area contributed by atoms with E-state index in [1.54, 1.807) is 0 Å². The number of carbonyl (C=O) groups excluding carboxylic acids is 1. The van der Waals surface area contributed by atoms with Gasteiger partial charge in [0, 0.05) is 24.3 Å². The van der Waals surface area contributed by atoms with Crippen LogP contribution in [0.5, 0.6) is 0 Å². The van der Waals surface area contributed by atoms with Crippen molar-refractivity contribution in [1.82, 2.24) is 0 Å². The third-order valence-corrected chi connectivity index (χ3v) is 4.79. The molecule has 0 saturated carbocycles. The summed E-state index contributed by atoms with van der Waals surface area (Å²) in [5, 5.41) is 0. The predicted molar refractivity (Wildman–Crippen MR) is 95.7 cm³/mol. The number of hydrogen-bond donors (Lipinski definition) is 1. The maximum atomic E-state index is 12.9. The van der Waals surface area contributed by atoms with Crippen LogP contribution in [0.2, 0.25) is 0 Å². The Balaban J connectivity index is 1.80. The molecule has 1 heterocycles. The minimum Gasteiger partial charge on any atom is -0.398 e. The third-order valence-electron chi connectivity index (χ3n) is 4.79. The van der Waals surface area contributed by atoms with Gasteiger partial charge in [0.25, 0.3) is 0 Å². The lowest BCUT2D eigenvalue weighted by atomic mass is 9.92. The molecule has 1 unspecified atom stereocenters. The van der Waals surface area contributed by atoms with Crippen LogP contribution in [0.4, 0.5) is 11.4 Å². The highest BCUT2D eigenvalue weighted by molar-refractivity contribution is 5.95. The molecular formula is C20H24N2O. The number of hydrogen-bond acceptors (Lipinski definition) is 2. The molecule has 1 aliphatic rings. The van der Waals surface area contributed by atoms with Gasteiger partial charge in [-0.3, -0.25) is 4.79 Å². The van der Waals surface area contributed by atoms with Crippen molar-refractivity contribution >= 4 is 17.3 Å². The zero-order valence-corrected chi connectivity index (χ0v) is 13.9. The molecule has 1 aliphatic heterocycles. The molecule has 0 saturated heterocycles. The highest BCUT2D eigenvalue weighted by Gasteiger charge is 2.25. The molecule has 0 spiro atoms. The Kier molecular flexibility index (Phi) is 4.37. The Morgan fingerprint density at radius 3 is 2.78 bits per heavy atom. The van der Waals surface area contributed by atoms with Gasteiger partial charge in [-0.05, 0) is 54.5 Å². The molecule has 3 heteroatoms. The van der Waals surface area contributed by atoms with E-state index >= 15 is 0 Å². The fourth-order valence-corrected chi connectivity index (χ4v) is 3.53. The topological polar surface area (TPSA) is 46.3 Å². The largest absolute Gasteiger partial charge is 0.398 e. The quantitative estimate of drug-likeness (QED) is 0.870. The predicted octanol–water partition coefficient (Wildman–Crippen LogP) is 4.05. The zero-order chi connectivity index (χ0) is 16.4. The zero-order valence-electron chi connectivity index (χ0n) is 13.9. The van der Waals surface area contributed by atoms with Crippen LogP contribution in [0.15, 0.2) is 42.5 Å². The monoisotopic (exact) mass is 308 g/mol. The molecule has 0 fully saturated rings. The van der Waals surface area contributed by atoms with Crippen molar-refractivity contribution in [3.8, 4) is 0 Å². The van der Waals surface area contributed by atoms with E-state index in [0.29, 0.717) is 6.42 Å². The van der Waals surface area contributed by atoms with Gasteiger partial charge in [-0.25, -0.2) is 0 Å². The molecular weight excluding hydrogens is 284 g/mol. The number of amides is 1. The van der Waals surface area contributed by atoms with E-state index < -0.39 is 0 Å². The Labute approximate surface area is 138 Å². The number of nitrogen functional groups attached to an aromatic ring is 1. The minimum absolute atomic E-state index is 0.187. The highest BCUT2D eigenvalue weighted by atomic mass is 16.2. The van der Waals surface area contributed by atoms with Crippen LogP contribution in [0.3, 0.4) is 0 Å². The number of carbonyl (C=O) groups is 1. The summed E-state index contributed by atoms with van der Waals surface area (Å²) in [7, 11) is 0. The third kappa shape index (κ3) is 3.09. The van der Waals surface area contributed by atoms with Crippen LogP contribution >= 0.6 is 0 Å². The molecule has 23 heavy (non-hydrogen) atoms. The van der Waals surface area contributed by atoms with Crippen molar-refractivity contribution < 1.29 is 4.79 Å². The van der Waals surface area contributed by atoms with Crippen LogP contribution in [0.25, 0.3) is 0 Å². The van der Waals surface area contributed by atoms with E-state index in [0.717, 1.165) is 36.3 Å². The fourth-order valence-electron chi connectivity index (χ4n) is 3.53. The summed E-state index contributed by atoms with van der Waals surface area (Å²) in [5.41, 5.74) is 11.5. The number of fused-ring (bicyclic) bond motifs is 1. The normalized spacial score (nSPS) is 15.1. The molecule has 3 rings (SSSR count). The van der Waals surface area contributed by atoms with E-state index in [4.69, 9.17) is 5.73 Å². The van der Waals surface area contributed by atoms with Gasteiger partial charge in [0.05, 0.1) is 0 Å². The fraction of sp³-hybridized carbons (Fsp3) is 0.350. The number of benzene rings is 2. The van der Waals surface area contributed by atoms with Crippen molar-refractivity contribution in [2.45, 2.75) is 39.0 Å². The van der Waals surface area contributed by atoms with Crippen molar-refractivity contribution in [3.63, 3.8) is 0 Å². The number of rotatable bonds is 3. The first-order chi connectivity index (χ1) is 11.1. The maximum Gasteiger partial charge on any atom is 0.227 e. The average molecular weight is 308 g/mol. The Morgan fingerprint density at radius 2 is 2.00 bits per heavy atom. The average Bonchev–Trinajstić information content (AvgIpc) is 2.55. The summed E-state index contributed by atoms with van der Waals surface area (Å²) in [6.07, 6.45) is 2.46. The molecule has 0 aromatic heterocycles. The number of nitrogens with two attached hydrogens (primary N) is 1. The standard InChI is InChI=1S/C20H24N2O/c1-14-7-3-4-8-16(14)15(2)13-20(23)22-12-6-9-17-18(21)10-5-11-19(17)22/h3-5,7-8,10-11,15H,6,9,12-13,21H2,1-2H3. The molecule has 2 N–H and O–H groups in total. The summed E-state index contributed by atoms with van der Waals surface area (Å²) < 4.78 is 0. The number of anilines is 2. The molecule has 0 radical (unpaired) electrons. The lowest BCUT2D eigenvalue weighted by Crippen LogP contribution is -2.36. The van der Waals surface area contributed by atoms with Gasteiger partial charge < -0.3 is 10.6 Å². The van der Waals surface area contributed by atoms with E-state index in [1.165, 1.54) is 11.1 Å². The lowest BCUT2D eigenvalue weighted by molar-refractivity contribution is -0.119. The molecule has 1 atom stereocenters. The van der Waals surface area contributed by atoms with Crippen molar-refractivity contribution in [2.75, 3.05) is 17.2 Å². The van der Waals surface area contributed by atoms with E-state index in [9.17, 15) is 4.79 Å². The molecule has 3 nitrogen and oxygen atoms in total. The van der Waals surface area contributed by atoms with Gasteiger partial charge in [0.15, 0.2) is 0 Å². The second-order valence-corrected chi connectivity index (χ2v) is 6.46. The van der Waals surface area contributed by atoms with Crippen LogP contribution in [0, 0.1) is 6.92 Å². The van der Waals surface area contributed by atoms with Crippen LogP contribution in [0.1, 0.15) is 42.4 Å². The maximum absolute atomic E-state index is 12.9. The molecule has 2 aromatic rings. The van der Waals surface area contributed by atoms with Crippen LogP contribution in [-0.4, -0.2) is 12.5 Å². The molecule has 0 bridgehead atoms. The van der Waals surface area contributed by atoms with Gasteiger partial charge in [-0.15, -0.1) is 0 Å². The first-order valence-corrected chi connectivity index (χ1v) is 8.31. The minimum atomic E-state index is 0.187. The van der Waals surface area contributed by atoms with Crippen LogP contribution in [-0.2, 0) is 11.2 Å². The second kappa shape index (κ2) is 6.45. The van der Waals surface area contributed by atoms with Crippen molar-refractivity contribution in [1.29, 1.82) is 0 Å². The summed E-state index contributed by atoms with van der Waals surface area (Å²) in [6, 6.07) is 14.2. The Morgan fingerprint density at radius 1 is 1.22 bits per heavy atom. The van der Waals surface area contributed by atoms with Crippen LogP contribution < -0.4 is 10.6 Å². The number of aryl methyl sites for hydroxylation is 1. The SMILES string of the molecule is Cc1ccccc1C(C)CC(=O)N1CCCc2c(N)cccc21. The highest BCUT2D eigenvalue weighted by Crippen LogP contribution is 2.33. The first-order valence-electron chi connectivity index (χ1n) is 8.31. The van der Waals surface area contributed by atoms with E-state index in [2.05, 4.69) is 26.0 Å². The first kappa shape index (κ1) is 15.6. The van der Waals surface area contributed by atoms with Gasteiger partial charge in [0.1, 0.15) is 0 Å². The van der Waals surface area contributed by atoms with Gasteiger partial charge in [0.2, 0.25) is 5.91 Å². The van der Waals surface area contributed by atoms with E-state index in [1.807, 2.05) is 35.2 Å². The van der Waals surface area contributed by atoms with E-state index in [-0.39, 0.29) is 11.8 Å². The summed E-state index contributed by atoms with van der Waals surface area (Å²) in [6.45, 7) is 5.02. The smallest absolute Gasteiger partial charge is 0.227 e. The molecule has 120 valence electrons.